The Balaban J connectivity index is 0.00000608. The molecule has 10 rings (SSSR count). The van der Waals surface area contributed by atoms with E-state index < -0.39 is 0 Å². The zero-order chi connectivity index (χ0) is 48.3. The Hall–Kier alpha value is -6.68. The maximum atomic E-state index is 7.05. The molecule has 356 valence electrons. The normalized spacial score (nSPS) is 13.4. The fourth-order valence-corrected chi connectivity index (χ4v) is 9.56. The van der Waals surface area contributed by atoms with E-state index in [1.54, 1.807) is 0 Å². The van der Waals surface area contributed by atoms with Crippen molar-refractivity contribution >= 4 is 38.9 Å². The minimum absolute atomic E-state index is 0. The molecule has 9 aromatic rings. The summed E-state index contributed by atoms with van der Waals surface area (Å²) in [6, 6.07) is 68.1. The van der Waals surface area contributed by atoms with Crippen molar-refractivity contribution in [3.8, 4) is 17.3 Å². The number of rotatable bonds is 10. The number of ether oxygens (including phenoxy) is 1. The molecule has 0 bridgehead atoms. The Morgan fingerprint density at radius 2 is 1.11 bits per heavy atom. The number of hydrogen-bond donors (Lipinski definition) is 0. The van der Waals surface area contributed by atoms with E-state index >= 15 is 0 Å². The zero-order valence-corrected chi connectivity index (χ0v) is 44.2. The standard InChI is InChI=1S/C64H61N4O.Pt/c1-61(2,3)47-27-20-28-51(35-47)66-42-59(44-21-14-11-15-22-44)67(43-66)52-36-50(64(9,10)46-25-18-13-19-26-46)37-54(40-52)69-53-30-31-55-56-38-48(62(4,5)6)29-32-57(56)68(58(55)41-53)60-39-49(33-34-65-60)63(7,8)45-23-16-12-17-24-45;/h11-39,42-43H,1-10H3;/q-3;. The van der Waals surface area contributed by atoms with Crippen molar-refractivity contribution in [1.29, 1.82) is 0 Å². The van der Waals surface area contributed by atoms with Crippen LogP contribution in [0.4, 0.5) is 11.4 Å². The number of benzene rings is 7. The zero-order valence-electron chi connectivity index (χ0n) is 41.9. The Kier molecular flexibility index (Phi) is 12.8. The molecule has 2 aromatic heterocycles. The molecular weight excluding hydrogens is 1040 g/mol. The van der Waals surface area contributed by atoms with Crippen molar-refractivity contribution in [2.75, 3.05) is 9.80 Å². The predicted octanol–water partition coefficient (Wildman–Crippen LogP) is 16.3. The molecular formula is C64H61N4OPt-3. The van der Waals surface area contributed by atoms with Gasteiger partial charge in [-0.25, -0.2) is 4.98 Å². The molecule has 3 heterocycles. The van der Waals surface area contributed by atoms with Crippen LogP contribution in [0, 0.1) is 18.8 Å². The molecule has 0 unspecified atom stereocenters. The minimum Gasteiger partial charge on any atom is -0.509 e. The summed E-state index contributed by atoms with van der Waals surface area (Å²) in [6.07, 6.45) is 4.15. The smallest absolute Gasteiger partial charge is 0.135 e. The fraction of sp³-hybridized carbons (Fsp3) is 0.219. The Bertz CT molecular complexity index is 3360. The predicted molar refractivity (Wildman–Crippen MR) is 287 cm³/mol. The Labute approximate surface area is 429 Å². The first-order chi connectivity index (χ1) is 32.9. The molecule has 0 atom stereocenters. The number of pyridine rings is 1. The topological polar surface area (TPSA) is 33.5 Å². The van der Waals surface area contributed by atoms with Gasteiger partial charge in [0.15, 0.2) is 0 Å². The molecule has 0 saturated carbocycles. The van der Waals surface area contributed by atoms with Crippen LogP contribution < -0.4 is 14.5 Å². The molecule has 0 aliphatic carbocycles. The van der Waals surface area contributed by atoms with E-state index in [1.165, 1.54) is 27.8 Å². The second-order valence-electron chi connectivity index (χ2n) is 21.6. The fourth-order valence-electron chi connectivity index (χ4n) is 9.56. The van der Waals surface area contributed by atoms with E-state index in [1.807, 2.05) is 12.3 Å². The van der Waals surface area contributed by atoms with Gasteiger partial charge in [-0.3, -0.25) is 0 Å². The van der Waals surface area contributed by atoms with Crippen LogP contribution in [0.2, 0.25) is 0 Å². The number of aromatic nitrogens is 2. The summed E-state index contributed by atoms with van der Waals surface area (Å²) >= 11 is 0. The molecule has 1 aliphatic heterocycles. The molecule has 5 nitrogen and oxygen atoms in total. The Morgan fingerprint density at radius 1 is 0.500 bits per heavy atom. The van der Waals surface area contributed by atoms with Crippen LogP contribution in [0.1, 0.15) is 108 Å². The maximum absolute atomic E-state index is 7.05. The number of nitrogens with zero attached hydrogens (tertiary/aromatic N) is 4. The van der Waals surface area contributed by atoms with Crippen LogP contribution in [0.5, 0.6) is 11.5 Å². The molecule has 0 amide bonds. The molecule has 0 saturated heterocycles. The van der Waals surface area contributed by atoms with Crippen molar-refractivity contribution in [3.05, 3.63) is 240 Å². The molecule has 0 radical (unpaired) electrons. The number of fused-ring (bicyclic) bond motifs is 3. The van der Waals surface area contributed by atoms with Crippen molar-refractivity contribution in [2.24, 2.45) is 0 Å². The van der Waals surface area contributed by atoms with Crippen LogP contribution >= 0.6 is 0 Å². The van der Waals surface area contributed by atoms with Gasteiger partial charge in [0.05, 0.1) is 0 Å². The second-order valence-corrected chi connectivity index (χ2v) is 21.6. The number of hydrogen-bond acceptors (Lipinski definition) is 4. The van der Waals surface area contributed by atoms with E-state index in [-0.39, 0.29) is 42.7 Å². The molecule has 6 heteroatoms. The summed E-state index contributed by atoms with van der Waals surface area (Å²) in [5, 5.41) is 2.24. The van der Waals surface area contributed by atoms with Crippen LogP contribution in [-0.4, -0.2) is 9.55 Å². The quantitative estimate of drug-likeness (QED) is 0.128. The van der Waals surface area contributed by atoms with Crippen LogP contribution in [0.25, 0.3) is 33.3 Å². The van der Waals surface area contributed by atoms with E-state index in [9.17, 15) is 0 Å². The average Bonchev–Trinajstić information content (AvgIpc) is 3.94. The van der Waals surface area contributed by atoms with Gasteiger partial charge in [-0.15, -0.1) is 53.6 Å². The third kappa shape index (κ3) is 9.25. The van der Waals surface area contributed by atoms with E-state index in [0.29, 0.717) is 11.5 Å². The first-order valence-electron chi connectivity index (χ1n) is 24.1. The van der Waals surface area contributed by atoms with Gasteiger partial charge in [0.2, 0.25) is 0 Å². The Morgan fingerprint density at radius 3 is 1.77 bits per heavy atom. The van der Waals surface area contributed by atoms with Gasteiger partial charge in [0.1, 0.15) is 5.82 Å². The van der Waals surface area contributed by atoms with E-state index in [4.69, 9.17) is 9.72 Å². The first-order valence-corrected chi connectivity index (χ1v) is 24.1. The third-order valence-electron chi connectivity index (χ3n) is 14.1. The van der Waals surface area contributed by atoms with Crippen molar-refractivity contribution < 1.29 is 25.8 Å². The molecule has 0 fully saturated rings. The van der Waals surface area contributed by atoms with Gasteiger partial charge < -0.3 is 19.1 Å². The molecule has 0 spiro atoms. The van der Waals surface area contributed by atoms with E-state index in [0.717, 1.165) is 55.8 Å². The minimum atomic E-state index is -0.380. The van der Waals surface area contributed by atoms with Crippen molar-refractivity contribution in [1.82, 2.24) is 9.55 Å². The van der Waals surface area contributed by atoms with Gasteiger partial charge in [-0.2, -0.15) is 6.07 Å². The summed E-state index contributed by atoms with van der Waals surface area (Å²) in [5.41, 5.74) is 12.6. The summed E-state index contributed by atoms with van der Waals surface area (Å²) < 4.78 is 9.29. The summed E-state index contributed by atoms with van der Waals surface area (Å²) in [5.74, 6) is 2.01. The third-order valence-corrected chi connectivity index (χ3v) is 14.1. The van der Waals surface area contributed by atoms with Crippen molar-refractivity contribution in [3.63, 3.8) is 0 Å². The van der Waals surface area contributed by atoms with Gasteiger partial charge in [0.25, 0.3) is 0 Å². The molecule has 1 aliphatic rings. The van der Waals surface area contributed by atoms with Gasteiger partial charge in [0, 0.05) is 61.1 Å². The average molecular weight is 1100 g/mol. The molecule has 0 N–H and O–H groups in total. The van der Waals surface area contributed by atoms with Crippen molar-refractivity contribution in [2.45, 2.75) is 90.9 Å². The molecule has 70 heavy (non-hydrogen) atoms. The first kappa shape index (κ1) is 48.3. The van der Waals surface area contributed by atoms with Crippen LogP contribution in [0.3, 0.4) is 0 Å². The van der Waals surface area contributed by atoms with Gasteiger partial charge in [-0.1, -0.05) is 190 Å². The van der Waals surface area contributed by atoms with Gasteiger partial charge in [-0.05, 0) is 91.5 Å². The van der Waals surface area contributed by atoms with Crippen LogP contribution in [0.15, 0.2) is 182 Å². The SMILES string of the molecule is CC(C)(C)c1cccc(N2C=C(c3ccccc3)N(c3[c-]c(Oc4[c-]c5c(cc4)c4cc(C(C)(C)C)ccc4n5-c4cc(C(C)(C)c5ccccc5)ccn4)cc(C(C)(C)c4ccccc4)c3)[CH-]2)c1.[Pt]. The monoisotopic (exact) mass is 1100 g/mol. The second kappa shape index (κ2) is 18.6. The summed E-state index contributed by atoms with van der Waals surface area (Å²) in [6.45, 7) is 24.8. The van der Waals surface area contributed by atoms with Gasteiger partial charge >= 0.3 is 0 Å². The van der Waals surface area contributed by atoms with E-state index in [2.05, 4.69) is 272 Å². The summed E-state index contributed by atoms with van der Waals surface area (Å²) in [4.78, 5) is 9.51. The maximum Gasteiger partial charge on any atom is 0.135 e. The largest absolute Gasteiger partial charge is 0.509 e. The number of anilines is 2. The summed E-state index contributed by atoms with van der Waals surface area (Å²) in [7, 11) is 0. The van der Waals surface area contributed by atoms with Crippen LogP contribution in [-0.2, 0) is 42.7 Å². The molecule has 7 aromatic carbocycles.